The molecule has 0 rings (SSSR count). The zero-order chi connectivity index (χ0) is 15.5. The molecular weight excluding hydrogens is 262 g/mol. The van der Waals surface area contributed by atoms with Crippen molar-refractivity contribution in [2.45, 2.75) is 45.6 Å². The van der Waals surface area contributed by atoms with E-state index < -0.39 is 12.0 Å². The van der Waals surface area contributed by atoms with Crippen LogP contribution in [0.4, 0.5) is 4.79 Å². The summed E-state index contributed by atoms with van der Waals surface area (Å²) in [5.41, 5.74) is 0. The lowest BCUT2D eigenvalue weighted by Crippen LogP contribution is -2.39. The number of urea groups is 1. The molecule has 0 saturated heterocycles. The highest BCUT2D eigenvalue weighted by Gasteiger charge is 2.11. The standard InChI is InChI=1S/C13H25N3O4/c1-9(12(18)19)5-4-6-10(2)15-8-7-11(17)16-13(20)14-3/h9-10,15H,4-8H2,1-3H3,(H,18,19)(H2,14,16,17,20). The molecule has 0 aromatic heterocycles. The van der Waals surface area contributed by atoms with E-state index in [9.17, 15) is 14.4 Å². The van der Waals surface area contributed by atoms with E-state index in [0.717, 1.165) is 12.8 Å². The van der Waals surface area contributed by atoms with Gasteiger partial charge in [-0.1, -0.05) is 13.3 Å². The normalized spacial score (nSPS) is 13.3. The second-order valence-electron chi connectivity index (χ2n) is 4.90. The fourth-order valence-corrected chi connectivity index (χ4v) is 1.64. The molecule has 7 nitrogen and oxygen atoms in total. The minimum Gasteiger partial charge on any atom is -0.481 e. The lowest BCUT2D eigenvalue weighted by Gasteiger charge is -2.14. The number of imide groups is 1. The maximum absolute atomic E-state index is 11.3. The number of carbonyl (C=O) groups is 3. The quantitative estimate of drug-likeness (QED) is 0.499. The van der Waals surface area contributed by atoms with Crippen molar-refractivity contribution in [2.24, 2.45) is 5.92 Å². The number of rotatable bonds is 9. The van der Waals surface area contributed by atoms with Gasteiger partial charge in [0.05, 0.1) is 5.92 Å². The van der Waals surface area contributed by atoms with Gasteiger partial charge in [-0.2, -0.15) is 0 Å². The first-order valence-corrected chi connectivity index (χ1v) is 6.84. The SMILES string of the molecule is CNC(=O)NC(=O)CCNC(C)CCCC(C)C(=O)O. The van der Waals surface area contributed by atoms with Crippen molar-refractivity contribution in [3.05, 3.63) is 0 Å². The summed E-state index contributed by atoms with van der Waals surface area (Å²) < 4.78 is 0. The van der Waals surface area contributed by atoms with Crippen LogP contribution in [0.2, 0.25) is 0 Å². The molecular formula is C13H25N3O4. The number of carboxylic acids is 1. The first-order valence-electron chi connectivity index (χ1n) is 6.84. The molecule has 0 saturated carbocycles. The van der Waals surface area contributed by atoms with E-state index >= 15 is 0 Å². The summed E-state index contributed by atoms with van der Waals surface area (Å²) in [6.07, 6.45) is 2.56. The molecule has 0 aromatic rings. The predicted molar refractivity (Wildman–Crippen MR) is 75.3 cm³/mol. The topological polar surface area (TPSA) is 108 Å². The second-order valence-corrected chi connectivity index (χ2v) is 4.90. The van der Waals surface area contributed by atoms with Crippen LogP contribution < -0.4 is 16.0 Å². The number of aliphatic carboxylic acids is 1. The molecule has 7 heteroatoms. The summed E-state index contributed by atoms with van der Waals surface area (Å²) >= 11 is 0. The monoisotopic (exact) mass is 287 g/mol. The van der Waals surface area contributed by atoms with Gasteiger partial charge in [0, 0.05) is 26.1 Å². The van der Waals surface area contributed by atoms with Crippen LogP contribution in [0.15, 0.2) is 0 Å². The molecule has 0 fully saturated rings. The predicted octanol–water partition coefficient (Wildman–Crippen LogP) is 0.701. The Hall–Kier alpha value is -1.63. The molecule has 2 atom stereocenters. The molecule has 4 N–H and O–H groups in total. The number of carboxylic acid groups (broad SMARTS) is 1. The number of hydrogen-bond donors (Lipinski definition) is 4. The largest absolute Gasteiger partial charge is 0.481 e. The van der Waals surface area contributed by atoms with Gasteiger partial charge in [0.25, 0.3) is 0 Å². The van der Waals surface area contributed by atoms with Gasteiger partial charge in [0.2, 0.25) is 5.91 Å². The van der Waals surface area contributed by atoms with Crippen LogP contribution in [0.25, 0.3) is 0 Å². The fourth-order valence-electron chi connectivity index (χ4n) is 1.64. The van der Waals surface area contributed by atoms with Gasteiger partial charge in [-0.25, -0.2) is 4.79 Å². The average molecular weight is 287 g/mol. The molecule has 0 bridgehead atoms. The van der Waals surface area contributed by atoms with Crippen molar-refractivity contribution in [2.75, 3.05) is 13.6 Å². The smallest absolute Gasteiger partial charge is 0.321 e. The van der Waals surface area contributed by atoms with Crippen molar-refractivity contribution in [3.8, 4) is 0 Å². The minimum atomic E-state index is -0.767. The average Bonchev–Trinajstić information content (AvgIpc) is 2.38. The van der Waals surface area contributed by atoms with Gasteiger partial charge in [-0.15, -0.1) is 0 Å². The maximum Gasteiger partial charge on any atom is 0.321 e. The van der Waals surface area contributed by atoms with E-state index in [2.05, 4.69) is 16.0 Å². The van der Waals surface area contributed by atoms with Gasteiger partial charge >= 0.3 is 12.0 Å². The van der Waals surface area contributed by atoms with E-state index in [4.69, 9.17) is 5.11 Å². The second kappa shape index (κ2) is 10.2. The summed E-state index contributed by atoms with van der Waals surface area (Å²) in [5.74, 6) is -1.42. The molecule has 3 amide bonds. The summed E-state index contributed by atoms with van der Waals surface area (Å²) in [4.78, 5) is 32.8. The van der Waals surface area contributed by atoms with Crippen molar-refractivity contribution in [1.82, 2.24) is 16.0 Å². The van der Waals surface area contributed by atoms with E-state index in [0.29, 0.717) is 13.0 Å². The Bertz CT molecular complexity index is 334. The highest BCUT2D eigenvalue weighted by molar-refractivity contribution is 5.94. The number of nitrogens with one attached hydrogen (secondary N) is 3. The third kappa shape index (κ3) is 9.32. The van der Waals surface area contributed by atoms with Crippen LogP contribution in [-0.4, -0.2) is 42.6 Å². The van der Waals surface area contributed by atoms with Crippen LogP contribution in [-0.2, 0) is 9.59 Å². The Labute approximate surface area is 119 Å². The molecule has 116 valence electrons. The Morgan fingerprint density at radius 3 is 2.35 bits per heavy atom. The molecule has 0 aliphatic heterocycles. The third-order valence-corrected chi connectivity index (χ3v) is 3.02. The van der Waals surface area contributed by atoms with Gasteiger partial charge < -0.3 is 15.7 Å². The Morgan fingerprint density at radius 1 is 1.15 bits per heavy atom. The van der Waals surface area contributed by atoms with Gasteiger partial charge in [0.1, 0.15) is 0 Å². The molecule has 0 heterocycles. The lowest BCUT2D eigenvalue weighted by molar-refractivity contribution is -0.141. The molecule has 2 unspecified atom stereocenters. The molecule has 0 spiro atoms. The zero-order valence-electron chi connectivity index (χ0n) is 12.4. The lowest BCUT2D eigenvalue weighted by atomic mass is 10.0. The van der Waals surface area contributed by atoms with Crippen LogP contribution >= 0.6 is 0 Å². The van der Waals surface area contributed by atoms with E-state index in [-0.39, 0.29) is 24.3 Å². The van der Waals surface area contributed by atoms with E-state index in [1.54, 1.807) is 6.92 Å². The van der Waals surface area contributed by atoms with Crippen LogP contribution in [0.1, 0.15) is 39.5 Å². The van der Waals surface area contributed by atoms with Crippen molar-refractivity contribution >= 4 is 17.9 Å². The first kappa shape index (κ1) is 18.4. The summed E-state index contributed by atoms with van der Waals surface area (Å²) in [6.45, 7) is 4.17. The number of hydrogen-bond acceptors (Lipinski definition) is 4. The Balaban J connectivity index is 3.63. The zero-order valence-corrected chi connectivity index (χ0v) is 12.4. The van der Waals surface area contributed by atoms with Crippen LogP contribution in [0.3, 0.4) is 0 Å². The third-order valence-electron chi connectivity index (χ3n) is 3.02. The van der Waals surface area contributed by atoms with Crippen molar-refractivity contribution in [1.29, 1.82) is 0 Å². The Kier molecular flexibility index (Phi) is 9.36. The molecule has 0 aromatic carbocycles. The summed E-state index contributed by atoms with van der Waals surface area (Å²) in [5, 5.41) is 16.4. The van der Waals surface area contributed by atoms with Gasteiger partial charge in [-0.3, -0.25) is 14.9 Å². The number of carbonyl (C=O) groups excluding carboxylic acids is 2. The van der Waals surface area contributed by atoms with Crippen molar-refractivity contribution in [3.63, 3.8) is 0 Å². The maximum atomic E-state index is 11.3. The van der Waals surface area contributed by atoms with Gasteiger partial charge in [-0.05, 0) is 19.8 Å². The van der Waals surface area contributed by atoms with Crippen LogP contribution in [0, 0.1) is 5.92 Å². The molecule has 20 heavy (non-hydrogen) atoms. The fraction of sp³-hybridized carbons (Fsp3) is 0.769. The highest BCUT2D eigenvalue weighted by atomic mass is 16.4. The molecule has 0 aliphatic carbocycles. The Morgan fingerprint density at radius 2 is 1.80 bits per heavy atom. The minimum absolute atomic E-state index is 0.212. The van der Waals surface area contributed by atoms with E-state index in [1.807, 2.05) is 6.92 Å². The highest BCUT2D eigenvalue weighted by Crippen LogP contribution is 2.09. The first-order chi connectivity index (χ1) is 9.36. The number of amides is 3. The van der Waals surface area contributed by atoms with Gasteiger partial charge in [0.15, 0.2) is 0 Å². The summed E-state index contributed by atoms with van der Waals surface area (Å²) in [6, 6.07) is -0.297. The van der Waals surface area contributed by atoms with E-state index in [1.165, 1.54) is 7.05 Å². The molecule has 0 aliphatic rings. The molecule has 0 radical (unpaired) electrons. The van der Waals surface area contributed by atoms with Crippen LogP contribution in [0.5, 0.6) is 0 Å². The van der Waals surface area contributed by atoms with Crippen molar-refractivity contribution < 1.29 is 19.5 Å². The summed E-state index contributed by atoms with van der Waals surface area (Å²) in [7, 11) is 1.45.